The van der Waals surface area contributed by atoms with Crippen LogP contribution in [-0.4, -0.2) is 15.6 Å². The molecule has 0 aliphatic rings. The van der Waals surface area contributed by atoms with Crippen molar-refractivity contribution in [2.75, 3.05) is 0 Å². The summed E-state index contributed by atoms with van der Waals surface area (Å²) in [5.41, 5.74) is 1.14. The van der Waals surface area contributed by atoms with E-state index in [0.717, 1.165) is 21.9 Å². The summed E-state index contributed by atoms with van der Waals surface area (Å²) in [5.74, 6) is -1.21. The van der Waals surface area contributed by atoms with Crippen molar-refractivity contribution in [2.45, 2.75) is 6.54 Å². The fourth-order valence-electron chi connectivity index (χ4n) is 3.24. The van der Waals surface area contributed by atoms with Crippen LogP contribution in [0.3, 0.4) is 0 Å². The summed E-state index contributed by atoms with van der Waals surface area (Å²) in [6.45, 7) is 0.489. The molecule has 0 saturated heterocycles. The molecule has 0 saturated carbocycles. The van der Waals surface area contributed by atoms with E-state index in [4.69, 9.17) is 0 Å². The molecule has 0 fully saturated rings. The molecule has 0 aliphatic carbocycles. The van der Waals surface area contributed by atoms with Gasteiger partial charge in [-0.25, -0.2) is 4.79 Å². The molecule has 25 heavy (non-hydrogen) atoms. The normalized spacial score (nSPS) is 11.0. The number of hydrogen-bond donors (Lipinski definition) is 1. The first-order valence-electron chi connectivity index (χ1n) is 7.97. The molecular formula is C21H15NO3. The first-order valence-corrected chi connectivity index (χ1v) is 7.97. The maximum absolute atomic E-state index is 12.4. The summed E-state index contributed by atoms with van der Waals surface area (Å²) < 4.78 is 1.84. The van der Waals surface area contributed by atoms with Gasteiger partial charge in [-0.05, 0) is 28.5 Å². The van der Waals surface area contributed by atoms with Crippen LogP contribution in [0.1, 0.15) is 15.9 Å². The summed E-state index contributed by atoms with van der Waals surface area (Å²) in [6, 6.07) is 21.2. The van der Waals surface area contributed by atoms with Gasteiger partial charge in [-0.2, -0.15) is 0 Å². The monoisotopic (exact) mass is 329 g/mol. The number of aromatic nitrogens is 1. The van der Waals surface area contributed by atoms with Crippen LogP contribution in [0.25, 0.3) is 21.7 Å². The molecule has 0 aliphatic heterocycles. The molecule has 0 bridgehead atoms. The van der Waals surface area contributed by atoms with E-state index < -0.39 is 11.4 Å². The van der Waals surface area contributed by atoms with Crippen molar-refractivity contribution in [3.63, 3.8) is 0 Å². The average molecular weight is 329 g/mol. The van der Waals surface area contributed by atoms with Crippen molar-refractivity contribution in [2.24, 2.45) is 0 Å². The highest BCUT2D eigenvalue weighted by Crippen LogP contribution is 2.21. The standard InChI is InChI=1S/C21H15NO3/c23-20-17-10-3-4-11-19(17)22(13-18(20)21(24)25)12-15-8-5-7-14-6-1-2-9-16(14)15/h1-11,13H,12H2,(H,24,25). The van der Waals surface area contributed by atoms with Gasteiger partial charge in [0.2, 0.25) is 5.43 Å². The molecule has 122 valence electrons. The second-order valence-electron chi connectivity index (χ2n) is 5.96. The molecule has 0 atom stereocenters. The van der Waals surface area contributed by atoms with E-state index >= 15 is 0 Å². The van der Waals surface area contributed by atoms with E-state index in [9.17, 15) is 14.7 Å². The minimum atomic E-state index is -1.21. The molecule has 0 spiro atoms. The lowest BCUT2D eigenvalue weighted by molar-refractivity contribution is 0.0695. The third-order valence-electron chi connectivity index (χ3n) is 4.44. The molecule has 4 heteroatoms. The van der Waals surface area contributed by atoms with E-state index in [1.54, 1.807) is 12.1 Å². The van der Waals surface area contributed by atoms with Gasteiger partial charge in [0.05, 0.1) is 5.52 Å². The van der Waals surface area contributed by atoms with Crippen molar-refractivity contribution in [1.29, 1.82) is 0 Å². The summed E-state index contributed by atoms with van der Waals surface area (Å²) in [7, 11) is 0. The zero-order valence-electron chi connectivity index (χ0n) is 13.3. The van der Waals surface area contributed by atoms with Crippen molar-refractivity contribution in [1.82, 2.24) is 4.57 Å². The molecule has 4 aromatic rings. The van der Waals surface area contributed by atoms with Crippen LogP contribution in [0.4, 0.5) is 0 Å². The molecule has 1 N–H and O–H groups in total. The number of rotatable bonds is 3. The number of carboxylic acids is 1. The van der Waals surface area contributed by atoms with Crippen LogP contribution < -0.4 is 5.43 Å². The minimum absolute atomic E-state index is 0.209. The summed E-state index contributed by atoms with van der Waals surface area (Å²) in [4.78, 5) is 23.9. The van der Waals surface area contributed by atoms with Crippen LogP contribution in [-0.2, 0) is 6.54 Å². The molecule has 4 rings (SSSR count). The lowest BCUT2D eigenvalue weighted by atomic mass is 10.0. The lowest BCUT2D eigenvalue weighted by Gasteiger charge is -2.14. The fourth-order valence-corrected chi connectivity index (χ4v) is 3.24. The molecule has 0 amide bonds. The third-order valence-corrected chi connectivity index (χ3v) is 4.44. The molecule has 0 radical (unpaired) electrons. The number of benzene rings is 3. The Labute approximate surface area is 143 Å². The van der Waals surface area contributed by atoms with E-state index in [1.807, 2.05) is 59.2 Å². The van der Waals surface area contributed by atoms with Gasteiger partial charge >= 0.3 is 5.97 Å². The topological polar surface area (TPSA) is 59.3 Å². The zero-order valence-corrected chi connectivity index (χ0v) is 13.3. The van der Waals surface area contributed by atoms with Crippen LogP contribution >= 0.6 is 0 Å². The molecular weight excluding hydrogens is 314 g/mol. The summed E-state index contributed by atoms with van der Waals surface area (Å²) in [5, 5.41) is 12.0. The van der Waals surface area contributed by atoms with Gasteiger partial charge in [0, 0.05) is 18.1 Å². The Morgan fingerprint density at radius 2 is 1.56 bits per heavy atom. The summed E-state index contributed by atoms with van der Waals surface area (Å²) in [6.07, 6.45) is 1.44. The highest BCUT2D eigenvalue weighted by molar-refractivity contribution is 5.92. The van der Waals surface area contributed by atoms with Gasteiger partial charge in [0.1, 0.15) is 5.56 Å². The largest absolute Gasteiger partial charge is 0.477 e. The summed E-state index contributed by atoms with van der Waals surface area (Å²) >= 11 is 0. The third kappa shape index (κ3) is 2.58. The van der Waals surface area contributed by atoms with Crippen molar-refractivity contribution >= 4 is 27.6 Å². The number of carboxylic acid groups (broad SMARTS) is 1. The average Bonchev–Trinajstić information content (AvgIpc) is 2.64. The van der Waals surface area contributed by atoms with Gasteiger partial charge in [-0.1, -0.05) is 54.6 Å². The number of carbonyl (C=O) groups is 1. The minimum Gasteiger partial charge on any atom is -0.477 e. The highest BCUT2D eigenvalue weighted by Gasteiger charge is 2.14. The Balaban J connectivity index is 1.96. The number of hydrogen-bond acceptors (Lipinski definition) is 2. The van der Waals surface area contributed by atoms with E-state index in [0.29, 0.717) is 11.9 Å². The highest BCUT2D eigenvalue weighted by atomic mass is 16.4. The number of aromatic carboxylic acids is 1. The van der Waals surface area contributed by atoms with Crippen molar-refractivity contribution < 1.29 is 9.90 Å². The zero-order chi connectivity index (χ0) is 17.4. The second kappa shape index (κ2) is 5.91. The Morgan fingerprint density at radius 3 is 2.36 bits per heavy atom. The number of nitrogens with zero attached hydrogens (tertiary/aromatic N) is 1. The number of fused-ring (bicyclic) bond motifs is 2. The molecule has 3 aromatic carbocycles. The first kappa shape index (κ1) is 15.1. The Morgan fingerprint density at radius 1 is 0.880 bits per heavy atom. The maximum Gasteiger partial charge on any atom is 0.341 e. The van der Waals surface area contributed by atoms with Gasteiger partial charge in [0.25, 0.3) is 0 Å². The van der Waals surface area contributed by atoms with Gasteiger partial charge < -0.3 is 9.67 Å². The first-order chi connectivity index (χ1) is 12.1. The Hall–Kier alpha value is -3.40. The maximum atomic E-state index is 12.4. The lowest BCUT2D eigenvalue weighted by Crippen LogP contribution is -2.19. The van der Waals surface area contributed by atoms with Crippen LogP contribution in [0.5, 0.6) is 0 Å². The number of pyridine rings is 1. The Bertz CT molecular complexity index is 1170. The van der Waals surface area contributed by atoms with E-state index in [1.165, 1.54) is 6.20 Å². The fraction of sp³-hybridized carbons (Fsp3) is 0.0476. The van der Waals surface area contributed by atoms with Gasteiger partial charge in [-0.15, -0.1) is 0 Å². The van der Waals surface area contributed by atoms with Crippen LogP contribution in [0.2, 0.25) is 0 Å². The van der Waals surface area contributed by atoms with Crippen LogP contribution in [0, 0.1) is 0 Å². The quantitative estimate of drug-likeness (QED) is 0.620. The molecule has 4 nitrogen and oxygen atoms in total. The van der Waals surface area contributed by atoms with Crippen molar-refractivity contribution in [3.05, 3.63) is 94.3 Å². The predicted octanol–water partition coefficient (Wildman–Crippen LogP) is 3.90. The van der Waals surface area contributed by atoms with Gasteiger partial charge in [-0.3, -0.25) is 4.79 Å². The molecule has 1 heterocycles. The Kier molecular flexibility index (Phi) is 3.58. The van der Waals surface area contributed by atoms with Crippen LogP contribution in [0.15, 0.2) is 77.7 Å². The molecule has 1 aromatic heterocycles. The smallest absolute Gasteiger partial charge is 0.341 e. The number of para-hydroxylation sites is 1. The van der Waals surface area contributed by atoms with E-state index in [2.05, 4.69) is 0 Å². The van der Waals surface area contributed by atoms with Gasteiger partial charge in [0.15, 0.2) is 0 Å². The molecule has 0 unspecified atom stereocenters. The second-order valence-corrected chi connectivity index (χ2v) is 5.96. The predicted molar refractivity (Wildman–Crippen MR) is 98.2 cm³/mol. The SMILES string of the molecule is O=C(O)c1cn(Cc2cccc3ccccc23)c2ccccc2c1=O. The van der Waals surface area contributed by atoms with E-state index in [-0.39, 0.29) is 5.56 Å². The van der Waals surface area contributed by atoms with Crippen molar-refractivity contribution in [3.8, 4) is 0 Å².